The predicted molar refractivity (Wildman–Crippen MR) is 80.5 cm³/mol. The van der Waals surface area contributed by atoms with Crippen molar-refractivity contribution in [3.8, 4) is 0 Å². The maximum absolute atomic E-state index is 13.1. The van der Waals surface area contributed by atoms with Gasteiger partial charge in [0.2, 0.25) is 0 Å². The summed E-state index contributed by atoms with van der Waals surface area (Å²) in [5.74, 6) is 0.402. The van der Waals surface area contributed by atoms with Crippen molar-refractivity contribution in [3.05, 3.63) is 29.6 Å². The molecule has 4 heteroatoms. The molecule has 0 aliphatic carbocycles. The lowest BCUT2D eigenvalue weighted by Crippen LogP contribution is -2.25. The second-order valence-electron chi connectivity index (χ2n) is 5.60. The van der Waals surface area contributed by atoms with E-state index in [2.05, 4.69) is 19.2 Å². The molecule has 0 saturated heterocycles. The summed E-state index contributed by atoms with van der Waals surface area (Å²) in [5, 5.41) is 12.8. The molecule has 0 aromatic heterocycles. The number of hydrogen-bond acceptors (Lipinski definition) is 3. The highest BCUT2D eigenvalue weighted by atomic mass is 19.1. The molecule has 1 rings (SSSR count). The molecule has 1 atom stereocenters. The Morgan fingerprint density at radius 3 is 2.80 bits per heavy atom. The van der Waals surface area contributed by atoms with Crippen LogP contribution in [0.25, 0.3) is 0 Å². The molecule has 0 bridgehead atoms. The topological polar surface area (TPSA) is 41.5 Å². The molecule has 1 unspecified atom stereocenters. The zero-order valence-corrected chi connectivity index (χ0v) is 12.7. The molecular formula is C16H26FNO2. The van der Waals surface area contributed by atoms with E-state index in [1.54, 1.807) is 6.07 Å². The van der Waals surface area contributed by atoms with Crippen LogP contribution in [0.4, 0.5) is 10.1 Å². The van der Waals surface area contributed by atoms with E-state index in [9.17, 15) is 9.50 Å². The van der Waals surface area contributed by atoms with Crippen molar-refractivity contribution in [3.63, 3.8) is 0 Å². The van der Waals surface area contributed by atoms with E-state index in [-0.39, 0.29) is 5.82 Å². The fourth-order valence-corrected chi connectivity index (χ4v) is 1.88. The van der Waals surface area contributed by atoms with Gasteiger partial charge in [0.1, 0.15) is 5.82 Å². The van der Waals surface area contributed by atoms with Gasteiger partial charge in [-0.3, -0.25) is 0 Å². The number of nitrogens with one attached hydrogen (secondary N) is 1. The number of ether oxygens (including phenoxy) is 1. The second-order valence-corrected chi connectivity index (χ2v) is 5.60. The maximum atomic E-state index is 13.1. The highest BCUT2D eigenvalue weighted by molar-refractivity contribution is 5.50. The lowest BCUT2D eigenvalue weighted by molar-refractivity contribution is 0.0409. The molecule has 0 spiro atoms. The second kappa shape index (κ2) is 8.93. The molecule has 1 aromatic rings. The number of halogens is 1. The smallest absolute Gasteiger partial charge is 0.125 e. The Morgan fingerprint density at radius 1 is 1.35 bits per heavy atom. The van der Waals surface area contributed by atoms with E-state index in [1.165, 1.54) is 12.1 Å². The standard InChI is InChI=1S/C16H26FNO2/c1-12(2)5-4-8-20-11-15(19)10-18-16-9-14(17)7-6-13(16)3/h6-7,9,12,15,18-19H,4-5,8,10-11H2,1-3H3. The van der Waals surface area contributed by atoms with Crippen molar-refractivity contribution in [2.24, 2.45) is 5.92 Å². The van der Waals surface area contributed by atoms with E-state index in [4.69, 9.17) is 4.74 Å². The fourth-order valence-electron chi connectivity index (χ4n) is 1.88. The molecular weight excluding hydrogens is 257 g/mol. The number of aliphatic hydroxyl groups is 1. The van der Waals surface area contributed by atoms with Crippen LogP contribution in [0.1, 0.15) is 32.3 Å². The van der Waals surface area contributed by atoms with Crippen molar-refractivity contribution < 1.29 is 14.2 Å². The van der Waals surface area contributed by atoms with Crippen LogP contribution in [0.15, 0.2) is 18.2 Å². The monoisotopic (exact) mass is 283 g/mol. The third-order valence-electron chi connectivity index (χ3n) is 3.11. The van der Waals surface area contributed by atoms with Gasteiger partial charge in [-0.05, 0) is 43.4 Å². The summed E-state index contributed by atoms with van der Waals surface area (Å²) in [6.07, 6.45) is 1.56. The van der Waals surface area contributed by atoms with Gasteiger partial charge in [-0.1, -0.05) is 19.9 Å². The first-order valence-electron chi connectivity index (χ1n) is 7.25. The van der Waals surface area contributed by atoms with E-state index < -0.39 is 6.10 Å². The Balaban J connectivity index is 2.19. The van der Waals surface area contributed by atoms with Crippen molar-refractivity contribution >= 4 is 5.69 Å². The molecule has 0 aliphatic heterocycles. The number of anilines is 1. The lowest BCUT2D eigenvalue weighted by Gasteiger charge is -2.15. The third kappa shape index (κ3) is 6.87. The van der Waals surface area contributed by atoms with Gasteiger partial charge in [0.05, 0.1) is 12.7 Å². The molecule has 1 aromatic carbocycles. The Labute approximate surface area is 121 Å². The van der Waals surface area contributed by atoms with Gasteiger partial charge < -0.3 is 15.2 Å². The first-order chi connectivity index (χ1) is 9.49. The third-order valence-corrected chi connectivity index (χ3v) is 3.11. The zero-order chi connectivity index (χ0) is 15.0. The molecule has 0 heterocycles. The largest absolute Gasteiger partial charge is 0.389 e. The molecule has 20 heavy (non-hydrogen) atoms. The molecule has 0 aliphatic rings. The van der Waals surface area contributed by atoms with Crippen LogP contribution in [-0.2, 0) is 4.74 Å². The summed E-state index contributed by atoms with van der Waals surface area (Å²) in [6.45, 7) is 7.60. The Hall–Kier alpha value is -1.13. The first-order valence-corrected chi connectivity index (χ1v) is 7.25. The highest BCUT2D eigenvalue weighted by Gasteiger charge is 2.06. The minimum Gasteiger partial charge on any atom is -0.389 e. The number of rotatable bonds is 9. The Morgan fingerprint density at radius 2 is 2.10 bits per heavy atom. The minimum atomic E-state index is -0.586. The number of aryl methyl sites for hydroxylation is 1. The molecule has 0 radical (unpaired) electrons. The fraction of sp³-hybridized carbons (Fsp3) is 0.625. The average molecular weight is 283 g/mol. The van der Waals surface area contributed by atoms with Gasteiger partial charge in [0, 0.05) is 18.8 Å². The molecule has 0 amide bonds. The summed E-state index contributed by atoms with van der Waals surface area (Å²) in [5.41, 5.74) is 1.67. The van der Waals surface area contributed by atoms with Gasteiger partial charge in [0.15, 0.2) is 0 Å². The molecule has 3 nitrogen and oxygen atoms in total. The normalized spacial score (nSPS) is 12.7. The number of benzene rings is 1. The van der Waals surface area contributed by atoms with Crippen LogP contribution in [0.3, 0.4) is 0 Å². The van der Waals surface area contributed by atoms with Gasteiger partial charge in [-0.25, -0.2) is 4.39 Å². The summed E-state index contributed by atoms with van der Waals surface area (Å²) in [7, 11) is 0. The van der Waals surface area contributed by atoms with E-state index in [0.29, 0.717) is 31.4 Å². The van der Waals surface area contributed by atoms with E-state index >= 15 is 0 Å². The van der Waals surface area contributed by atoms with E-state index in [0.717, 1.165) is 18.4 Å². The van der Waals surface area contributed by atoms with Crippen molar-refractivity contribution in [1.29, 1.82) is 0 Å². The lowest BCUT2D eigenvalue weighted by atomic mass is 10.1. The Kier molecular flexibility index (Phi) is 7.55. The van der Waals surface area contributed by atoms with Crippen LogP contribution >= 0.6 is 0 Å². The number of hydrogen-bond donors (Lipinski definition) is 2. The van der Waals surface area contributed by atoms with Crippen molar-refractivity contribution in [1.82, 2.24) is 0 Å². The van der Waals surface area contributed by atoms with Gasteiger partial charge in [-0.15, -0.1) is 0 Å². The maximum Gasteiger partial charge on any atom is 0.125 e. The summed E-state index contributed by atoms with van der Waals surface area (Å²) in [6, 6.07) is 4.58. The molecule has 0 saturated carbocycles. The SMILES string of the molecule is Cc1ccc(F)cc1NCC(O)COCCCC(C)C. The molecule has 114 valence electrons. The quantitative estimate of drug-likeness (QED) is 0.683. The summed E-state index contributed by atoms with van der Waals surface area (Å²) >= 11 is 0. The average Bonchev–Trinajstić information content (AvgIpc) is 2.39. The van der Waals surface area contributed by atoms with Crippen molar-refractivity contribution in [2.75, 3.05) is 25.1 Å². The number of aliphatic hydroxyl groups excluding tert-OH is 1. The summed E-state index contributed by atoms with van der Waals surface area (Å²) in [4.78, 5) is 0. The zero-order valence-electron chi connectivity index (χ0n) is 12.7. The van der Waals surface area contributed by atoms with Crippen LogP contribution in [0, 0.1) is 18.7 Å². The van der Waals surface area contributed by atoms with Crippen molar-refractivity contribution in [2.45, 2.75) is 39.7 Å². The van der Waals surface area contributed by atoms with Crippen LogP contribution in [0.2, 0.25) is 0 Å². The van der Waals surface area contributed by atoms with Crippen LogP contribution < -0.4 is 5.32 Å². The molecule has 0 fully saturated rings. The van der Waals surface area contributed by atoms with Gasteiger partial charge in [-0.2, -0.15) is 0 Å². The Bertz CT molecular complexity index is 396. The summed E-state index contributed by atoms with van der Waals surface area (Å²) < 4.78 is 18.5. The predicted octanol–water partition coefficient (Wildman–Crippen LogP) is 3.36. The molecule has 2 N–H and O–H groups in total. The van der Waals surface area contributed by atoms with Gasteiger partial charge in [0.25, 0.3) is 0 Å². The highest BCUT2D eigenvalue weighted by Crippen LogP contribution is 2.15. The first kappa shape index (κ1) is 16.9. The van der Waals surface area contributed by atoms with E-state index in [1.807, 2.05) is 6.92 Å². The minimum absolute atomic E-state index is 0.280. The van der Waals surface area contributed by atoms with Crippen LogP contribution in [-0.4, -0.2) is 31.0 Å². The van der Waals surface area contributed by atoms with Crippen LogP contribution in [0.5, 0.6) is 0 Å². The van der Waals surface area contributed by atoms with Gasteiger partial charge >= 0.3 is 0 Å².